The average molecular weight is 226 g/mol. The van der Waals surface area contributed by atoms with Crippen LogP contribution in [0.1, 0.15) is 5.56 Å². The minimum Gasteiger partial charge on any atom is -0.488 e. The van der Waals surface area contributed by atoms with Crippen molar-refractivity contribution in [1.82, 2.24) is 0 Å². The molecule has 0 aliphatic carbocycles. The molecule has 0 unspecified atom stereocenters. The number of ether oxygens (including phenoxy) is 1. The van der Waals surface area contributed by atoms with Gasteiger partial charge in [-0.25, -0.2) is 4.79 Å². The maximum Gasteiger partial charge on any atom is 0.335 e. The van der Waals surface area contributed by atoms with Crippen molar-refractivity contribution in [3.05, 3.63) is 47.5 Å². The third-order valence-electron chi connectivity index (χ3n) is 2.91. The van der Waals surface area contributed by atoms with E-state index in [2.05, 4.69) is 0 Å². The predicted octanol–water partition coefficient (Wildman–Crippen LogP) is 2.70. The van der Waals surface area contributed by atoms with Crippen molar-refractivity contribution in [2.24, 2.45) is 0 Å². The number of carbonyl (C=O) groups is 1. The summed E-state index contributed by atoms with van der Waals surface area (Å²) in [6, 6.07) is 11.7. The molecule has 0 aromatic heterocycles. The van der Waals surface area contributed by atoms with Crippen LogP contribution in [0.4, 0.5) is 0 Å². The molecule has 1 aliphatic rings. The molecule has 3 heteroatoms. The maximum atomic E-state index is 11.0. The van der Waals surface area contributed by atoms with Crippen LogP contribution in [0.2, 0.25) is 0 Å². The smallest absolute Gasteiger partial charge is 0.335 e. The number of aliphatic carboxylic acids is 1. The molecule has 0 radical (unpaired) electrons. The molecule has 0 spiro atoms. The van der Waals surface area contributed by atoms with E-state index in [1.54, 1.807) is 6.08 Å². The van der Waals surface area contributed by atoms with Crippen molar-refractivity contribution in [2.75, 3.05) is 6.61 Å². The first-order chi connectivity index (χ1) is 8.25. The van der Waals surface area contributed by atoms with Crippen LogP contribution in [0.25, 0.3) is 16.8 Å². The Kier molecular flexibility index (Phi) is 2.11. The van der Waals surface area contributed by atoms with E-state index >= 15 is 0 Å². The van der Waals surface area contributed by atoms with E-state index < -0.39 is 5.97 Å². The highest BCUT2D eigenvalue weighted by molar-refractivity contribution is 6.00. The summed E-state index contributed by atoms with van der Waals surface area (Å²) in [6.07, 6.45) is 1.70. The molecule has 0 fully saturated rings. The van der Waals surface area contributed by atoms with Crippen molar-refractivity contribution in [1.29, 1.82) is 0 Å². The second kappa shape index (κ2) is 3.63. The van der Waals surface area contributed by atoms with Gasteiger partial charge in [-0.3, -0.25) is 0 Å². The minimum atomic E-state index is -0.927. The molecule has 3 nitrogen and oxygen atoms in total. The first-order valence-electron chi connectivity index (χ1n) is 5.34. The third-order valence-corrected chi connectivity index (χ3v) is 2.91. The lowest BCUT2D eigenvalue weighted by atomic mass is 10.00. The molecular formula is C14H10O3. The van der Waals surface area contributed by atoms with Gasteiger partial charge in [0.1, 0.15) is 12.4 Å². The zero-order valence-corrected chi connectivity index (χ0v) is 9.01. The van der Waals surface area contributed by atoms with Gasteiger partial charge >= 0.3 is 5.97 Å². The van der Waals surface area contributed by atoms with Crippen LogP contribution in [0, 0.1) is 0 Å². The fraction of sp³-hybridized carbons (Fsp3) is 0.0714. The molecule has 2 aromatic carbocycles. The monoisotopic (exact) mass is 226 g/mol. The standard InChI is InChI=1S/C14H10O3/c15-14(16)10-7-12-11-4-2-1-3-9(11)5-6-13(12)17-8-10/h1-7H,8H2,(H,15,16). The Morgan fingerprint density at radius 3 is 2.82 bits per heavy atom. The molecule has 17 heavy (non-hydrogen) atoms. The molecule has 0 saturated carbocycles. The third kappa shape index (κ3) is 1.56. The Morgan fingerprint density at radius 2 is 2.00 bits per heavy atom. The van der Waals surface area contributed by atoms with Crippen LogP contribution >= 0.6 is 0 Å². The van der Waals surface area contributed by atoms with Gasteiger partial charge < -0.3 is 9.84 Å². The van der Waals surface area contributed by atoms with Crippen LogP contribution in [0.3, 0.4) is 0 Å². The molecule has 0 bridgehead atoms. The molecule has 1 heterocycles. The van der Waals surface area contributed by atoms with Gasteiger partial charge in [0.25, 0.3) is 0 Å². The molecule has 0 atom stereocenters. The number of fused-ring (bicyclic) bond motifs is 3. The molecule has 1 aliphatic heterocycles. The lowest BCUT2D eigenvalue weighted by Crippen LogP contribution is -2.14. The Bertz CT molecular complexity index is 641. The lowest BCUT2D eigenvalue weighted by Gasteiger charge is -2.17. The molecule has 0 amide bonds. The second-order valence-electron chi connectivity index (χ2n) is 3.96. The summed E-state index contributed by atoms with van der Waals surface area (Å²) in [7, 11) is 0. The van der Waals surface area contributed by atoms with Gasteiger partial charge in [0.05, 0.1) is 5.57 Å². The van der Waals surface area contributed by atoms with E-state index in [9.17, 15) is 4.79 Å². The number of carboxylic acid groups (broad SMARTS) is 1. The highest BCUT2D eigenvalue weighted by Crippen LogP contribution is 2.33. The molecule has 3 rings (SSSR count). The van der Waals surface area contributed by atoms with Gasteiger partial charge in [-0.15, -0.1) is 0 Å². The van der Waals surface area contributed by atoms with Crippen LogP contribution in [0.15, 0.2) is 42.0 Å². The van der Waals surface area contributed by atoms with E-state index in [0.29, 0.717) is 0 Å². The van der Waals surface area contributed by atoms with Gasteiger partial charge in [0.2, 0.25) is 0 Å². The van der Waals surface area contributed by atoms with E-state index in [1.165, 1.54) is 0 Å². The quantitative estimate of drug-likeness (QED) is 0.813. The first-order valence-corrected chi connectivity index (χ1v) is 5.34. The normalized spacial score (nSPS) is 13.8. The van der Waals surface area contributed by atoms with Crippen LogP contribution < -0.4 is 4.74 Å². The van der Waals surface area contributed by atoms with Crippen molar-refractivity contribution in [3.8, 4) is 5.75 Å². The summed E-state index contributed by atoms with van der Waals surface area (Å²) < 4.78 is 5.46. The molecule has 1 N–H and O–H groups in total. The summed E-state index contributed by atoms with van der Waals surface area (Å²) in [5.74, 6) is -0.183. The molecular weight excluding hydrogens is 216 g/mol. The van der Waals surface area contributed by atoms with Crippen molar-refractivity contribution >= 4 is 22.8 Å². The maximum absolute atomic E-state index is 11.0. The number of benzene rings is 2. The van der Waals surface area contributed by atoms with Gasteiger partial charge in [0.15, 0.2) is 0 Å². The number of hydrogen-bond donors (Lipinski definition) is 1. The Labute approximate surface area is 97.9 Å². The van der Waals surface area contributed by atoms with Crippen LogP contribution in [-0.2, 0) is 4.79 Å². The molecule has 0 saturated heterocycles. The molecule has 84 valence electrons. The second-order valence-corrected chi connectivity index (χ2v) is 3.96. The predicted molar refractivity (Wildman–Crippen MR) is 65.1 cm³/mol. The SMILES string of the molecule is O=C(O)C1=Cc2c(ccc3ccccc23)OC1. The van der Waals surface area contributed by atoms with E-state index in [1.807, 2.05) is 36.4 Å². The van der Waals surface area contributed by atoms with Gasteiger partial charge in [0, 0.05) is 5.56 Å². The fourth-order valence-corrected chi connectivity index (χ4v) is 2.05. The number of carboxylic acids is 1. The lowest BCUT2D eigenvalue weighted by molar-refractivity contribution is -0.132. The minimum absolute atomic E-state index is 0.126. The summed E-state index contributed by atoms with van der Waals surface area (Å²) in [5, 5.41) is 11.1. The van der Waals surface area contributed by atoms with Gasteiger partial charge in [-0.1, -0.05) is 30.3 Å². The van der Waals surface area contributed by atoms with Gasteiger partial charge in [-0.2, -0.15) is 0 Å². The van der Waals surface area contributed by atoms with Crippen LogP contribution in [0.5, 0.6) is 5.75 Å². The zero-order valence-electron chi connectivity index (χ0n) is 9.01. The van der Waals surface area contributed by atoms with E-state index in [-0.39, 0.29) is 12.2 Å². The van der Waals surface area contributed by atoms with Crippen molar-refractivity contribution < 1.29 is 14.6 Å². The summed E-state index contributed by atoms with van der Waals surface area (Å²) in [4.78, 5) is 11.0. The highest BCUT2D eigenvalue weighted by Gasteiger charge is 2.17. The first kappa shape index (κ1) is 9.90. The van der Waals surface area contributed by atoms with Gasteiger partial charge in [-0.05, 0) is 22.9 Å². The van der Waals surface area contributed by atoms with Crippen molar-refractivity contribution in [2.45, 2.75) is 0 Å². The van der Waals surface area contributed by atoms with Crippen LogP contribution in [-0.4, -0.2) is 17.7 Å². The fourth-order valence-electron chi connectivity index (χ4n) is 2.05. The Morgan fingerprint density at radius 1 is 1.18 bits per heavy atom. The largest absolute Gasteiger partial charge is 0.488 e. The van der Waals surface area contributed by atoms with E-state index in [0.717, 1.165) is 22.1 Å². The van der Waals surface area contributed by atoms with Crippen molar-refractivity contribution in [3.63, 3.8) is 0 Å². The number of rotatable bonds is 1. The Balaban J connectivity index is 2.30. The van der Waals surface area contributed by atoms with E-state index in [4.69, 9.17) is 9.84 Å². The summed E-state index contributed by atoms with van der Waals surface area (Å²) in [6.45, 7) is 0.126. The Hall–Kier alpha value is -2.29. The topological polar surface area (TPSA) is 46.5 Å². The highest BCUT2D eigenvalue weighted by atomic mass is 16.5. The molecule has 2 aromatic rings. The number of hydrogen-bond acceptors (Lipinski definition) is 2. The zero-order chi connectivity index (χ0) is 11.8. The summed E-state index contributed by atoms with van der Waals surface area (Å²) in [5.41, 5.74) is 1.14. The summed E-state index contributed by atoms with van der Waals surface area (Å²) >= 11 is 0. The average Bonchev–Trinajstić information content (AvgIpc) is 2.38.